The van der Waals surface area contributed by atoms with Crippen LogP contribution in [0.1, 0.15) is 13.3 Å². The number of nitrogens with one attached hydrogen (secondary N) is 2. The van der Waals surface area contributed by atoms with Gasteiger partial charge in [0.2, 0.25) is 11.8 Å². The van der Waals surface area contributed by atoms with Gasteiger partial charge in [-0.1, -0.05) is 0 Å². The Labute approximate surface area is 89.5 Å². The van der Waals surface area contributed by atoms with Gasteiger partial charge >= 0.3 is 0 Å². The minimum absolute atomic E-state index is 0.153. The lowest BCUT2D eigenvalue weighted by Crippen LogP contribution is -2.41. The van der Waals surface area contributed by atoms with Gasteiger partial charge in [-0.05, 0) is 6.92 Å². The van der Waals surface area contributed by atoms with Gasteiger partial charge in [-0.25, -0.2) is 0 Å². The number of carbonyl (C=O) groups excluding carboxylic acids is 2. The number of rotatable bonds is 8. The van der Waals surface area contributed by atoms with Gasteiger partial charge in [0.1, 0.15) is 0 Å². The van der Waals surface area contributed by atoms with E-state index in [1.54, 1.807) is 14.0 Å². The van der Waals surface area contributed by atoms with Gasteiger partial charge in [-0.15, -0.1) is 0 Å². The molecule has 0 heterocycles. The second-order valence-electron chi connectivity index (χ2n) is 3.31. The first-order chi connectivity index (χ1) is 7.06. The van der Waals surface area contributed by atoms with E-state index in [4.69, 9.17) is 10.5 Å². The summed E-state index contributed by atoms with van der Waals surface area (Å²) in [5.41, 5.74) is 4.99. The lowest BCUT2D eigenvalue weighted by Gasteiger charge is -2.12. The third-order valence-electron chi connectivity index (χ3n) is 1.68. The van der Waals surface area contributed by atoms with Crippen molar-refractivity contribution in [1.82, 2.24) is 10.6 Å². The lowest BCUT2D eigenvalue weighted by molar-refractivity contribution is -0.121. The summed E-state index contributed by atoms with van der Waals surface area (Å²) in [5.74, 6) is -0.574. The monoisotopic (exact) mass is 217 g/mol. The Morgan fingerprint density at radius 3 is 2.67 bits per heavy atom. The number of carbonyl (C=O) groups is 2. The second kappa shape index (κ2) is 8.19. The van der Waals surface area contributed by atoms with E-state index in [0.717, 1.165) is 0 Å². The number of hydrogen-bond donors (Lipinski definition) is 3. The Bertz CT molecular complexity index is 209. The minimum atomic E-state index is -0.421. The smallest absolute Gasteiger partial charge is 0.234 e. The molecule has 0 aromatic heterocycles. The zero-order valence-corrected chi connectivity index (χ0v) is 9.21. The van der Waals surface area contributed by atoms with Gasteiger partial charge in [0.05, 0.1) is 13.2 Å². The van der Waals surface area contributed by atoms with Crippen molar-refractivity contribution in [2.75, 3.05) is 26.8 Å². The Morgan fingerprint density at radius 1 is 1.47 bits per heavy atom. The Morgan fingerprint density at radius 2 is 2.13 bits per heavy atom. The normalized spacial score (nSPS) is 12.1. The van der Waals surface area contributed by atoms with Gasteiger partial charge in [0.15, 0.2) is 0 Å². The van der Waals surface area contributed by atoms with Crippen molar-refractivity contribution in [3.8, 4) is 0 Å². The number of amides is 2. The molecule has 6 heteroatoms. The van der Waals surface area contributed by atoms with Gasteiger partial charge in [-0.3, -0.25) is 9.59 Å². The molecule has 0 fully saturated rings. The van der Waals surface area contributed by atoms with E-state index in [2.05, 4.69) is 10.6 Å². The number of nitrogens with two attached hydrogens (primary N) is 1. The molecule has 0 aliphatic carbocycles. The van der Waals surface area contributed by atoms with Gasteiger partial charge in [0, 0.05) is 26.1 Å². The molecule has 0 radical (unpaired) electrons. The summed E-state index contributed by atoms with van der Waals surface area (Å²) in [5, 5.41) is 5.54. The van der Waals surface area contributed by atoms with E-state index in [0.29, 0.717) is 13.2 Å². The predicted octanol–water partition coefficient (Wildman–Crippen LogP) is -1.40. The van der Waals surface area contributed by atoms with Crippen molar-refractivity contribution in [2.45, 2.75) is 19.4 Å². The highest BCUT2D eigenvalue weighted by molar-refractivity contribution is 5.80. The van der Waals surface area contributed by atoms with E-state index < -0.39 is 5.91 Å². The molecule has 88 valence electrons. The largest absolute Gasteiger partial charge is 0.383 e. The van der Waals surface area contributed by atoms with Crippen molar-refractivity contribution in [1.29, 1.82) is 0 Å². The molecule has 15 heavy (non-hydrogen) atoms. The van der Waals surface area contributed by atoms with E-state index in [9.17, 15) is 9.59 Å². The maximum Gasteiger partial charge on any atom is 0.234 e. The topological polar surface area (TPSA) is 93.4 Å². The van der Waals surface area contributed by atoms with Crippen LogP contribution < -0.4 is 16.4 Å². The van der Waals surface area contributed by atoms with Crippen molar-refractivity contribution in [3.05, 3.63) is 0 Å². The molecule has 0 aliphatic rings. The maximum absolute atomic E-state index is 11.2. The van der Waals surface area contributed by atoms with Crippen molar-refractivity contribution in [3.63, 3.8) is 0 Å². The fourth-order valence-electron chi connectivity index (χ4n) is 1.05. The maximum atomic E-state index is 11.2. The molecule has 0 saturated heterocycles. The summed E-state index contributed by atoms with van der Waals surface area (Å²) in [6.45, 7) is 3.13. The van der Waals surface area contributed by atoms with Crippen LogP contribution >= 0.6 is 0 Å². The minimum Gasteiger partial charge on any atom is -0.383 e. The van der Waals surface area contributed by atoms with Gasteiger partial charge in [-0.2, -0.15) is 0 Å². The highest BCUT2D eigenvalue weighted by Crippen LogP contribution is 1.87. The zero-order chi connectivity index (χ0) is 11.7. The van der Waals surface area contributed by atoms with Crippen LogP contribution in [0.5, 0.6) is 0 Å². The fourth-order valence-corrected chi connectivity index (χ4v) is 1.05. The van der Waals surface area contributed by atoms with Gasteiger partial charge < -0.3 is 21.1 Å². The number of primary amides is 1. The number of ether oxygens (including phenoxy) is 1. The molecule has 0 saturated carbocycles. The zero-order valence-electron chi connectivity index (χ0n) is 9.21. The quantitative estimate of drug-likeness (QED) is 0.436. The highest BCUT2D eigenvalue weighted by Gasteiger charge is 2.08. The molecule has 6 nitrogen and oxygen atoms in total. The first-order valence-corrected chi connectivity index (χ1v) is 4.83. The first-order valence-electron chi connectivity index (χ1n) is 4.83. The SMILES string of the molecule is COCCNCC(=O)NC(C)CC(N)=O. The number of methoxy groups -OCH3 is 1. The van der Waals surface area contributed by atoms with Gasteiger partial charge in [0.25, 0.3) is 0 Å². The Hall–Kier alpha value is -1.14. The molecular weight excluding hydrogens is 198 g/mol. The van der Waals surface area contributed by atoms with Crippen molar-refractivity contribution < 1.29 is 14.3 Å². The summed E-state index contributed by atoms with van der Waals surface area (Å²) < 4.78 is 4.80. The summed E-state index contributed by atoms with van der Waals surface area (Å²) in [4.78, 5) is 21.8. The summed E-state index contributed by atoms with van der Waals surface area (Å²) >= 11 is 0. The second-order valence-corrected chi connectivity index (χ2v) is 3.31. The van der Waals surface area contributed by atoms with Crippen LogP contribution in [0.25, 0.3) is 0 Å². The summed E-state index contributed by atoms with van der Waals surface area (Å²) in [6.07, 6.45) is 0.157. The van der Waals surface area contributed by atoms with Crippen LogP contribution in [0.2, 0.25) is 0 Å². The highest BCUT2D eigenvalue weighted by atomic mass is 16.5. The fraction of sp³-hybridized carbons (Fsp3) is 0.778. The van der Waals surface area contributed by atoms with E-state index in [1.807, 2.05) is 0 Å². The average molecular weight is 217 g/mol. The molecular formula is C9H19N3O3. The number of hydrogen-bond acceptors (Lipinski definition) is 4. The predicted molar refractivity (Wildman–Crippen MR) is 56.2 cm³/mol. The van der Waals surface area contributed by atoms with E-state index in [1.165, 1.54) is 0 Å². The van der Waals surface area contributed by atoms with Crippen LogP contribution in [0.4, 0.5) is 0 Å². The van der Waals surface area contributed by atoms with Crippen LogP contribution in [-0.2, 0) is 14.3 Å². The third kappa shape index (κ3) is 9.17. The molecule has 0 rings (SSSR count). The lowest BCUT2D eigenvalue weighted by atomic mass is 10.2. The molecule has 0 aromatic rings. The van der Waals surface area contributed by atoms with Crippen LogP contribution in [0.3, 0.4) is 0 Å². The average Bonchev–Trinajstić information content (AvgIpc) is 2.10. The molecule has 2 amide bonds. The summed E-state index contributed by atoms with van der Waals surface area (Å²) in [6, 6.07) is -0.223. The molecule has 0 spiro atoms. The standard InChI is InChI=1S/C9H19N3O3/c1-7(5-8(10)13)12-9(14)6-11-3-4-15-2/h7,11H,3-6H2,1-2H3,(H2,10,13)(H,12,14). The Balaban J connectivity index is 3.51. The van der Waals surface area contributed by atoms with Crippen molar-refractivity contribution in [2.24, 2.45) is 5.73 Å². The van der Waals surface area contributed by atoms with Crippen LogP contribution in [0, 0.1) is 0 Å². The van der Waals surface area contributed by atoms with Crippen LogP contribution in [0.15, 0.2) is 0 Å². The Kier molecular flexibility index (Phi) is 7.57. The first kappa shape index (κ1) is 13.9. The molecule has 4 N–H and O–H groups in total. The molecule has 1 atom stereocenters. The van der Waals surface area contributed by atoms with E-state index in [-0.39, 0.29) is 24.9 Å². The van der Waals surface area contributed by atoms with E-state index >= 15 is 0 Å². The third-order valence-corrected chi connectivity index (χ3v) is 1.68. The molecule has 0 bridgehead atoms. The van der Waals surface area contributed by atoms with Crippen molar-refractivity contribution >= 4 is 11.8 Å². The molecule has 0 aromatic carbocycles. The summed E-state index contributed by atoms with van der Waals surface area (Å²) in [7, 11) is 1.59. The van der Waals surface area contributed by atoms with Crippen LogP contribution in [-0.4, -0.2) is 44.7 Å². The molecule has 1 unspecified atom stereocenters. The molecule has 0 aliphatic heterocycles.